The van der Waals surface area contributed by atoms with Crippen LogP contribution in [0.3, 0.4) is 0 Å². The van der Waals surface area contributed by atoms with E-state index < -0.39 is 46.1 Å². The third kappa shape index (κ3) is 6.78. The number of rotatable bonds is 9. The minimum absolute atomic E-state index is 0.189. The van der Waals surface area contributed by atoms with Crippen molar-refractivity contribution in [3.05, 3.63) is 63.6 Å². The molecule has 0 aliphatic carbocycles. The third-order valence-electron chi connectivity index (χ3n) is 4.78. The van der Waals surface area contributed by atoms with Gasteiger partial charge in [0.15, 0.2) is 11.6 Å². The van der Waals surface area contributed by atoms with Gasteiger partial charge < -0.3 is 10.2 Å². The van der Waals surface area contributed by atoms with Crippen LogP contribution in [-0.2, 0) is 26.2 Å². The summed E-state index contributed by atoms with van der Waals surface area (Å²) in [5.74, 6) is -3.70. The van der Waals surface area contributed by atoms with Crippen LogP contribution in [0, 0.1) is 11.6 Å². The van der Waals surface area contributed by atoms with Gasteiger partial charge in [-0.25, -0.2) is 17.2 Å². The molecule has 0 saturated heterocycles. The number of amides is 2. The van der Waals surface area contributed by atoms with Crippen molar-refractivity contribution in [2.75, 3.05) is 23.7 Å². The number of nitrogens with one attached hydrogen (secondary N) is 1. The summed E-state index contributed by atoms with van der Waals surface area (Å²) in [5.41, 5.74) is 0.121. The molecule has 0 bridgehead atoms. The summed E-state index contributed by atoms with van der Waals surface area (Å²) in [6.45, 7) is 2.52. The molecule has 12 heteroatoms. The SMILES string of the molecule is CCNC(=O)C(C)N(Cc1c(Cl)cccc1Cl)C(=O)CN(c1ccc(F)c(F)c1)S(C)(=O)=O. The summed E-state index contributed by atoms with van der Waals surface area (Å²) >= 11 is 12.4. The molecule has 1 atom stereocenters. The van der Waals surface area contributed by atoms with E-state index in [1.54, 1.807) is 25.1 Å². The van der Waals surface area contributed by atoms with Crippen LogP contribution in [0.5, 0.6) is 0 Å². The van der Waals surface area contributed by atoms with Crippen LogP contribution in [0.2, 0.25) is 10.0 Å². The molecule has 0 spiro atoms. The van der Waals surface area contributed by atoms with Gasteiger partial charge >= 0.3 is 0 Å². The fourth-order valence-corrected chi connectivity index (χ4v) is 4.37. The van der Waals surface area contributed by atoms with Crippen molar-refractivity contribution in [1.82, 2.24) is 10.2 Å². The zero-order valence-electron chi connectivity index (χ0n) is 18.1. The lowest BCUT2D eigenvalue weighted by molar-refractivity contribution is -0.139. The number of carbonyl (C=O) groups is 2. The molecular formula is C21H23Cl2F2N3O4S. The first-order valence-electron chi connectivity index (χ1n) is 9.79. The molecule has 2 amide bonds. The number of hydrogen-bond acceptors (Lipinski definition) is 4. The number of anilines is 1. The lowest BCUT2D eigenvalue weighted by atomic mass is 10.1. The average molecular weight is 522 g/mol. The fourth-order valence-electron chi connectivity index (χ4n) is 3.01. The predicted molar refractivity (Wildman–Crippen MR) is 124 cm³/mol. The number of halogens is 4. The van der Waals surface area contributed by atoms with E-state index in [1.165, 1.54) is 6.92 Å². The van der Waals surface area contributed by atoms with Crippen molar-refractivity contribution in [1.29, 1.82) is 0 Å². The molecule has 0 heterocycles. The minimum Gasteiger partial charge on any atom is -0.355 e. The van der Waals surface area contributed by atoms with Gasteiger partial charge in [-0.1, -0.05) is 29.3 Å². The molecule has 0 radical (unpaired) electrons. The Hall–Kier alpha value is -2.43. The Balaban J connectivity index is 2.46. The molecule has 0 aliphatic rings. The van der Waals surface area contributed by atoms with E-state index in [1.807, 2.05) is 0 Å². The van der Waals surface area contributed by atoms with E-state index in [9.17, 15) is 26.8 Å². The minimum atomic E-state index is -4.08. The molecule has 1 N–H and O–H groups in total. The molecule has 0 aromatic heterocycles. The quantitative estimate of drug-likeness (QED) is 0.546. The van der Waals surface area contributed by atoms with Gasteiger partial charge in [-0.2, -0.15) is 0 Å². The van der Waals surface area contributed by atoms with E-state index in [4.69, 9.17) is 23.2 Å². The van der Waals surface area contributed by atoms with Crippen LogP contribution < -0.4 is 9.62 Å². The predicted octanol–water partition coefficient (Wildman–Crippen LogP) is 3.59. The molecule has 180 valence electrons. The number of hydrogen-bond donors (Lipinski definition) is 1. The van der Waals surface area contributed by atoms with E-state index in [-0.39, 0.29) is 22.3 Å². The molecule has 1 unspecified atom stereocenters. The van der Waals surface area contributed by atoms with Gasteiger partial charge in [0.25, 0.3) is 0 Å². The maximum atomic E-state index is 13.7. The maximum Gasteiger partial charge on any atom is 0.244 e. The van der Waals surface area contributed by atoms with Gasteiger partial charge in [0.2, 0.25) is 21.8 Å². The van der Waals surface area contributed by atoms with Crippen LogP contribution in [0.15, 0.2) is 36.4 Å². The van der Waals surface area contributed by atoms with E-state index >= 15 is 0 Å². The highest BCUT2D eigenvalue weighted by molar-refractivity contribution is 7.92. The summed E-state index contributed by atoms with van der Waals surface area (Å²) in [6, 6.07) is 6.18. The second kappa shape index (κ2) is 11.1. The van der Waals surface area contributed by atoms with Crippen molar-refractivity contribution in [3.8, 4) is 0 Å². The van der Waals surface area contributed by atoms with Crippen LogP contribution >= 0.6 is 23.2 Å². The number of nitrogens with zero attached hydrogens (tertiary/aromatic N) is 2. The van der Waals surface area contributed by atoms with Gasteiger partial charge in [0.1, 0.15) is 12.6 Å². The number of carbonyl (C=O) groups excluding carboxylic acids is 2. The van der Waals surface area contributed by atoms with E-state index in [0.717, 1.165) is 23.3 Å². The zero-order chi connectivity index (χ0) is 24.9. The largest absolute Gasteiger partial charge is 0.355 e. The summed E-state index contributed by atoms with van der Waals surface area (Å²) in [5, 5.41) is 3.11. The second-order valence-electron chi connectivity index (χ2n) is 7.16. The highest BCUT2D eigenvalue weighted by Crippen LogP contribution is 2.27. The zero-order valence-corrected chi connectivity index (χ0v) is 20.4. The topological polar surface area (TPSA) is 86.8 Å². The van der Waals surface area contributed by atoms with E-state index in [2.05, 4.69) is 5.32 Å². The van der Waals surface area contributed by atoms with Gasteiger partial charge in [-0.3, -0.25) is 13.9 Å². The Morgan fingerprint density at radius 3 is 2.21 bits per heavy atom. The Kier molecular flexibility index (Phi) is 9.04. The van der Waals surface area contributed by atoms with Gasteiger partial charge in [0.05, 0.1) is 11.9 Å². The van der Waals surface area contributed by atoms with Crippen molar-refractivity contribution in [2.24, 2.45) is 0 Å². The summed E-state index contributed by atoms with van der Waals surface area (Å²) in [6.07, 6.45) is 0.823. The first kappa shape index (κ1) is 26.8. The monoisotopic (exact) mass is 521 g/mol. The van der Waals surface area contributed by atoms with Crippen molar-refractivity contribution < 1.29 is 26.8 Å². The molecule has 33 heavy (non-hydrogen) atoms. The van der Waals surface area contributed by atoms with E-state index in [0.29, 0.717) is 22.5 Å². The average Bonchev–Trinajstić information content (AvgIpc) is 2.72. The Morgan fingerprint density at radius 1 is 1.09 bits per heavy atom. The summed E-state index contributed by atoms with van der Waals surface area (Å²) in [7, 11) is -4.08. The molecule has 0 fully saturated rings. The number of likely N-dealkylation sites (N-methyl/N-ethyl adjacent to an activating group) is 1. The number of benzene rings is 2. The third-order valence-corrected chi connectivity index (χ3v) is 6.63. The molecule has 0 saturated carbocycles. The van der Waals surface area contributed by atoms with Gasteiger partial charge in [-0.15, -0.1) is 0 Å². The Morgan fingerprint density at radius 2 is 1.70 bits per heavy atom. The van der Waals surface area contributed by atoms with Crippen molar-refractivity contribution >= 4 is 50.7 Å². The fraction of sp³-hybridized carbons (Fsp3) is 0.333. The van der Waals surface area contributed by atoms with Gasteiger partial charge in [-0.05, 0) is 38.1 Å². The normalized spacial score (nSPS) is 12.2. The van der Waals surface area contributed by atoms with Gasteiger partial charge in [0, 0.05) is 34.8 Å². The van der Waals surface area contributed by atoms with Crippen LogP contribution in [0.25, 0.3) is 0 Å². The lowest BCUT2D eigenvalue weighted by Crippen LogP contribution is -2.51. The molecule has 2 aromatic rings. The standard InChI is InChI=1S/C21H23Cl2F2N3O4S/c1-4-26-21(30)13(2)27(11-15-16(22)6-5-7-17(15)23)20(29)12-28(33(3,31)32)14-8-9-18(24)19(25)10-14/h5-10,13H,4,11-12H2,1-3H3,(H,26,30). The summed E-state index contributed by atoms with van der Waals surface area (Å²) < 4.78 is 52.5. The lowest BCUT2D eigenvalue weighted by Gasteiger charge is -2.31. The molecule has 2 rings (SSSR count). The molecule has 7 nitrogen and oxygen atoms in total. The Labute approximate surface area is 201 Å². The van der Waals surface area contributed by atoms with Crippen molar-refractivity contribution in [3.63, 3.8) is 0 Å². The second-order valence-corrected chi connectivity index (χ2v) is 9.88. The maximum absolute atomic E-state index is 13.7. The first-order valence-corrected chi connectivity index (χ1v) is 12.4. The Bertz CT molecular complexity index is 1130. The molecule has 0 aliphatic heterocycles. The van der Waals surface area contributed by atoms with Crippen LogP contribution in [0.4, 0.5) is 14.5 Å². The molecular weight excluding hydrogens is 499 g/mol. The van der Waals surface area contributed by atoms with Crippen LogP contribution in [0.1, 0.15) is 19.4 Å². The number of sulfonamides is 1. The first-order chi connectivity index (χ1) is 15.4. The van der Waals surface area contributed by atoms with Crippen molar-refractivity contribution in [2.45, 2.75) is 26.4 Å². The highest BCUT2D eigenvalue weighted by atomic mass is 35.5. The smallest absolute Gasteiger partial charge is 0.244 e. The molecule has 2 aromatic carbocycles. The van der Waals surface area contributed by atoms with Crippen LogP contribution in [-0.4, -0.2) is 50.5 Å². The highest BCUT2D eigenvalue weighted by Gasteiger charge is 2.31. The summed E-state index contributed by atoms with van der Waals surface area (Å²) in [4.78, 5) is 26.9.